The predicted molar refractivity (Wildman–Crippen MR) is 109 cm³/mol. The molecule has 2 aromatic heterocycles. The highest BCUT2D eigenvalue weighted by Crippen LogP contribution is 2.36. The number of hydrogen-bond acceptors (Lipinski definition) is 5. The Morgan fingerprint density at radius 1 is 1.23 bits per heavy atom. The second kappa shape index (κ2) is 7.00. The normalized spacial score (nSPS) is 14.4. The van der Waals surface area contributed by atoms with Gasteiger partial charge in [0.15, 0.2) is 0 Å². The molecule has 1 N–H and O–H groups in total. The standard InChI is InChI=1S/C20H21N3OS2/c1-11-12(2)25-19-17(11)20(22-10-21-19)26-13(3)18(24)23-16-8-7-14-5-4-6-15(14)9-16/h7-10,13H,4-6H2,1-3H3,(H,23,24)/t13-/m1/s1. The number of thiophene rings is 1. The summed E-state index contributed by atoms with van der Waals surface area (Å²) in [4.78, 5) is 23.7. The highest BCUT2D eigenvalue weighted by atomic mass is 32.2. The van der Waals surface area contributed by atoms with Gasteiger partial charge in [-0.1, -0.05) is 17.8 Å². The largest absolute Gasteiger partial charge is 0.325 e. The molecule has 26 heavy (non-hydrogen) atoms. The maximum absolute atomic E-state index is 12.7. The smallest absolute Gasteiger partial charge is 0.237 e. The molecule has 1 atom stereocenters. The van der Waals surface area contributed by atoms with E-state index in [0.29, 0.717) is 0 Å². The molecule has 0 bridgehead atoms. The Morgan fingerprint density at radius 3 is 2.88 bits per heavy atom. The summed E-state index contributed by atoms with van der Waals surface area (Å²) < 4.78 is 0. The predicted octanol–water partition coefficient (Wildman–Crippen LogP) is 4.92. The fraction of sp³-hybridized carbons (Fsp3) is 0.350. The lowest BCUT2D eigenvalue weighted by atomic mass is 10.1. The maximum Gasteiger partial charge on any atom is 0.237 e. The zero-order valence-electron chi connectivity index (χ0n) is 15.1. The minimum atomic E-state index is -0.235. The molecule has 4 nitrogen and oxygen atoms in total. The van der Waals surface area contributed by atoms with Gasteiger partial charge in [-0.3, -0.25) is 4.79 Å². The first-order valence-electron chi connectivity index (χ1n) is 8.83. The fourth-order valence-corrected chi connectivity index (χ4v) is 5.39. The van der Waals surface area contributed by atoms with Crippen molar-refractivity contribution in [2.24, 2.45) is 0 Å². The molecule has 0 saturated heterocycles. The molecule has 0 unspecified atom stereocenters. The van der Waals surface area contributed by atoms with E-state index in [1.165, 1.54) is 39.8 Å². The zero-order valence-corrected chi connectivity index (χ0v) is 16.8. The Labute approximate surface area is 161 Å². The number of fused-ring (bicyclic) bond motifs is 2. The summed E-state index contributed by atoms with van der Waals surface area (Å²) in [6, 6.07) is 6.27. The van der Waals surface area contributed by atoms with Gasteiger partial charge in [0.05, 0.1) is 5.25 Å². The number of hydrogen-bond donors (Lipinski definition) is 1. The van der Waals surface area contributed by atoms with Crippen LogP contribution in [-0.4, -0.2) is 21.1 Å². The number of amides is 1. The summed E-state index contributed by atoms with van der Waals surface area (Å²) >= 11 is 3.17. The first kappa shape index (κ1) is 17.5. The van der Waals surface area contributed by atoms with Crippen LogP contribution in [0.3, 0.4) is 0 Å². The molecule has 0 fully saturated rings. The Kier molecular flexibility index (Phi) is 4.71. The average Bonchev–Trinajstić information content (AvgIpc) is 3.19. The van der Waals surface area contributed by atoms with Crippen LogP contribution in [0.4, 0.5) is 5.69 Å². The van der Waals surface area contributed by atoms with Gasteiger partial charge in [0, 0.05) is 16.0 Å². The number of aromatic nitrogens is 2. The van der Waals surface area contributed by atoms with Crippen molar-refractivity contribution in [1.29, 1.82) is 0 Å². The van der Waals surface area contributed by atoms with Gasteiger partial charge in [0.1, 0.15) is 16.2 Å². The summed E-state index contributed by atoms with van der Waals surface area (Å²) in [5.41, 5.74) is 4.87. The molecular formula is C20H21N3OS2. The minimum absolute atomic E-state index is 0.00399. The molecule has 6 heteroatoms. The zero-order chi connectivity index (χ0) is 18.3. The number of anilines is 1. The second-order valence-corrected chi connectivity index (χ2v) is 9.26. The van der Waals surface area contributed by atoms with Crippen LogP contribution in [0.1, 0.15) is 34.9 Å². The van der Waals surface area contributed by atoms with Crippen LogP contribution in [0.25, 0.3) is 10.2 Å². The summed E-state index contributed by atoms with van der Waals surface area (Å²) in [7, 11) is 0. The van der Waals surface area contributed by atoms with E-state index < -0.39 is 0 Å². The molecule has 0 spiro atoms. The third kappa shape index (κ3) is 3.23. The van der Waals surface area contributed by atoms with E-state index in [4.69, 9.17) is 0 Å². The summed E-state index contributed by atoms with van der Waals surface area (Å²) in [6.07, 6.45) is 5.06. The highest BCUT2D eigenvalue weighted by molar-refractivity contribution is 8.00. The average molecular weight is 384 g/mol. The van der Waals surface area contributed by atoms with Gasteiger partial charge < -0.3 is 5.32 Å². The number of thioether (sulfide) groups is 1. The van der Waals surface area contributed by atoms with Gasteiger partial charge in [-0.2, -0.15) is 0 Å². The number of carbonyl (C=O) groups is 1. The van der Waals surface area contributed by atoms with E-state index in [9.17, 15) is 4.79 Å². The van der Waals surface area contributed by atoms with Crippen LogP contribution in [0.15, 0.2) is 29.6 Å². The van der Waals surface area contributed by atoms with Crippen molar-refractivity contribution in [3.05, 3.63) is 46.1 Å². The molecule has 1 aromatic carbocycles. The molecule has 4 rings (SSSR count). The van der Waals surface area contributed by atoms with Gasteiger partial charge in [-0.05, 0) is 68.9 Å². The molecule has 134 valence electrons. The molecule has 1 aliphatic carbocycles. The maximum atomic E-state index is 12.7. The molecule has 2 heterocycles. The van der Waals surface area contributed by atoms with Crippen LogP contribution in [0.5, 0.6) is 0 Å². The lowest BCUT2D eigenvalue weighted by molar-refractivity contribution is -0.115. The molecule has 1 amide bonds. The Morgan fingerprint density at radius 2 is 2.04 bits per heavy atom. The number of nitrogens with one attached hydrogen (secondary N) is 1. The molecule has 3 aromatic rings. The molecule has 1 aliphatic rings. The van der Waals surface area contributed by atoms with E-state index in [1.54, 1.807) is 17.7 Å². The van der Waals surface area contributed by atoms with Crippen LogP contribution >= 0.6 is 23.1 Å². The van der Waals surface area contributed by atoms with Gasteiger partial charge in [0.25, 0.3) is 0 Å². The monoisotopic (exact) mass is 383 g/mol. The molecule has 0 saturated carbocycles. The van der Waals surface area contributed by atoms with Crippen molar-refractivity contribution >= 4 is 44.9 Å². The first-order chi connectivity index (χ1) is 12.5. The van der Waals surface area contributed by atoms with Crippen LogP contribution in [0, 0.1) is 13.8 Å². The first-order valence-corrected chi connectivity index (χ1v) is 10.5. The number of aryl methyl sites for hydroxylation is 4. The summed E-state index contributed by atoms with van der Waals surface area (Å²) in [5.74, 6) is 0.00399. The summed E-state index contributed by atoms with van der Waals surface area (Å²) in [5, 5.41) is 4.79. The quantitative estimate of drug-likeness (QED) is 0.513. The lowest BCUT2D eigenvalue weighted by Gasteiger charge is -2.13. The number of rotatable bonds is 4. The second-order valence-electron chi connectivity index (χ2n) is 6.73. The van der Waals surface area contributed by atoms with Crippen molar-refractivity contribution < 1.29 is 4.79 Å². The molecule has 0 radical (unpaired) electrons. The molecule has 0 aliphatic heterocycles. The van der Waals surface area contributed by atoms with Gasteiger partial charge >= 0.3 is 0 Å². The Balaban J connectivity index is 1.51. The fourth-order valence-electron chi connectivity index (χ4n) is 3.35. The third-order valence-corrected chi connectivity index (χ3v) is 7.17. The van der Waals surface area contributed by atoms with E-state index >= 15 is 0 Å². The van der Waals surface area contributed by atoms with E-state index in [-0.39, 0.29) is 11.2 Å². The summed E-state index contributed by atoms with van der Waals surface area (Å²) in [6.45, 7) is 6.12. The Bertz CT molecular complexity index is 996. The van der Waals surface area contributed by atoms with Crippen LogP contribution in [0.2, 0.25) is 0 Å². The minimum Gasteiger partial charge on any atom is -0.325 e. The highest BCUT2D eigenvalue weighted by Gasteiger charge is 2.20. The van der Waals surface area contributed by atoms with Gasteiger partial charge in [-0.15, -0.1) is 11.3 Å². The van der Waals surface area contributed by atoms with E-state index in [2.05, 4.69) is 41.3 Å². The van der Waals surface area contributed by atoms with Crippen molar-refractivity contribution in [3.8, 4) is 0 Å². The number of nitrogens with zero attached hydrogens (tertiary/aromatic N) is 2. The molecular weight excluding hydrogens is 362 g/mol. The van der Waals surface area contributed by atoms with Crippen molar-refractivity contribution in [3.63, 3.8) is 0 Å². The lowest BCUT2D eigenvalue weighted by Crippen LogP contribution is -2.22. The van der Waals surface area contributed by atoms with Crippen molar-refractivity contribution in [1.82, 2.24) is 9.97 Å². The van der Waals surface area contributed by atoms with Crippen molar-refractivity contribution in [2.75, 3.05) is 5.32 Å². The number of carbonyl (C=O) groups excluding carboxylic acids is 1. The van der Waals surface area contributed by atoms with E-state index in [0.717, 1.165) is 33.8 Å². The number of benzene rings is 1. The third-order valence-electron chi connectivity index (χ3n) is 4.95. The van der Waals surface area contributed by atoms with Gasteiger partial charge in [0.2, 0.25) is 5.91 Å². The van der Waals surface area contributed by atoms with E-state index in [1.807, 2.05) is 13.0 Å². The van der Waals surface area contributed by atoms with Crippen LogP contribution < -0.4 is 5.32 Å². The van der Waals surface area contributed by atoms with Crippen molar-refractivity contribution in [2.45, 2.75) is 50.3 Å². The Hall–Kier alpha value is -1.92. The topological polar surface area (TPSA) is 54.9 Å². The SMILES string of the molecule is Cc1sc2ncnc(S[C@H](C)C(=O)Nc3ccc4c(c3)CCC4)c2c1C. The van der Waals surface area contributed by atoms with Gasteiger partial charge in [-0.25, -0.2) is 9.97 Å². The van der Waals surface area contributed by atoms with Crippen LogP contribution in [-0.2, 0) is 17.6 Å².